The average molecular weight is 478 g/mol. The van der Waals surface area contributed by atoms with Crippen molar-refractivity contribution in [3.05, 3.63) is 36.5 Å². The summed E-state index contributed by atoms with van der Waals surface area (Å²) in [7, 11) is 0. The van der Waals surface area contributed by atoms with Gasteiger partial charge in [0, 0.05) is 6.92 Å². The van der Waals surface area contributed by atoms with Crippen molar-refractivity contribution < 1.29 is 15.0 Å². The van der Waals surface area contributed by atoms with E-state index >= 15 is 0 Å². The maximum Gasteiger partial charge on any atom is 0.217 e. The number of hydrogen-bond donors (Lipinski definition) is 3. The van der Waals surface area contributed by atoms with E-state index in [9.17, 15) is 15.0 Å². The number of carbonyl (C=O) groups excluding carboxylic acids is 1. The second kappa shape index (κ2) is 26.2. The summed E-state index contributed by atoms with van der Waals surface area (Å²) in [6.07, 6.45) is 35.2. The van der Waals surface area contributed by atoms with Gasteiger partial charge in [-0.15, -0.1) is 0 Å². The number of carbonyl (C=O) groups is 1. The summed E-state index contributed by atoms with van der Waals surface area (Å²) in [4.78, 5) is 11.0. The minimum atomic E-state index is -0.863. The van der Waals surface area contributed by atoms with Crippen molar-refractivity contribution in [1.29, 1.82) is 0 Å². The Balaban J connectivity index is 3.44. The summed E-state index contributed by atoms with van der Waals surface area (Å²) in [5, 5.41) is 21.7. The molecule has 0 aliphatic rings. The highest BCUT2D eigenvalue weighted by molar-refractivity contribution is 5.73. The molecule has 0 heterocycles. The normalized spacial score (nSPS) is 13.9. The molecule has 0 bridgehead atoms. The molecule has 0 spiro atoms. The highest BCUT2D eigenvalue weighted by Crippen LogP contribution is 2.13. The molecule has 0 aromatic carbocycles. The molecule has 0 aromatic heterocycles. The number of unbranched alkanes of at least 4 members (excludes halogenated alkanes) is 15. The smallest absolute Gasteiger partial charge is 0.217 e. The predicted octanol–water partition coefficient (Wildman–Crippen LogP) is 7.55. The first kappa shape index (κ1) is 32.6. The SMILES string of the molecule is CCCCCCCCCCCCCCC/C=C/CC/C=C/CC/C=C/C(O)C(CO)NC(C)=O. The van der Waals surface area contributed by atoms with Crippen LogP contribution in [0.25, 0.3) is 0 Å². The Hall–Kier alpha value is -1.39. The molecule has 2 atom stereocenters. The highest BCUT2D eigenvalue weighted by Gasteiger charge is 2.15. The molecule has 198 valence electrons. The molecule has 0 saturated heterocycles. The highest BCUT2D eigenvalue weighted by atomic mass is 16.3. The quantitative estimate of drug-likeness (QED) is 0.0992. The molecule has 0 saturated carbocycles. The number of allylic oxidation sites excluding steroid dienone is 5. The molecule has 0 aliphatic carbocycles. The van der Waals surface area contributed by atoms with Crippen molar-refractivity contribution >= 4 is 5.91 Å². The van der Waals surface area contributed by atoms with E-state index in [2.05, 4.69) is 36.5 Å². The topological polar surface area (TPSA) is 69.6 Å². The molecule has 34 heavy (non-hydrogen) atoms. The summed E-state index contributed by atoms with van der Waals surface area (Å²) in [6.45, 7) is 3.38. The van der Waals surface area contributed by atoms with Gasteiger partial charge >= 0.3 is 0 Å². The van der Waals surface area contributed by atoms with Gasteiger partial charge in [-0.1, -0.05) is 120 Å². The van der Waals surface area contributed by atoms with E-state index in [1.54, 1.807) is 6.08 Å². The van der Waals surface area contributed by atoms with Crippen LogP contribution in [0, 0.1) is 0 Å². The Morgan fingerprint density at radius 3 is 1.53 bits per heavy atom. The van der Waals surface area contributed by atoms with Crippen molar-refractivity contribution in [3.63, 3.8) is 0 Å². The fourth-order valence-electron chi connectivity index (χ4n) is 4.01. The van der Waals surface area contributed by atoms with Gasteiger partial charge < -0.3 is 15.5 Å². The molecule has 4 nitrogen and oxygen atoms in total. The van der Waals surface area contributed by atoms with Crippen LogP contribution in [-0.2, 0) is 4.79 Å². The summed E-state index contributed by atoms with van der Waals surface area (Å²) in [6, 6.07) is -0.643. The lowest BCUT2D eigenvalue weighted by atomic mass is 10.0. The first-order chi connectivity index (χ1) is 16.6. The number of rotatable bonds is 24. The van der Waals surface area contributed by atoms with Crippen LogP contribution in [0.1, 0.15) is 129 Å². The molecule has 2 unspecified atom stereocenters. The minimum Gasteiger partial charge on any atom is -0.394 e. The summed E-state index contributed by atoms with van der Waals surface area (Å²) in [5.41, 5.74) is 0. The number of aliphatic hydroxyl groups excluding tert-OH is 2. The Bertz CT molecular complexity index is 527. The van der Waals surface area contributed by atoms with Crippen LogP contribution < -0.4 is 5.32 Å². The number of hydrogen-bond acceptors (Lipinski definition) is 3. The van der Waals surface area contributed by atoms with E-state index in [-0.39, 0.29) is 12.5 Å². The van der Waals surface area contributed by atoms with E-state index in [1.165, 1.54) is 96.8 Å². The van der Waals surface area contributed by atoms with E-state index in [4.69, 9.17) is 0 Å². The molecular weight excluding hydrogens is 422 g/mol. The average Bonchev–Trinajstić information content (AvgIpc) is 2.82. The van der Waals surface area contributed by atoms with Gasteiger partial charge in [0.2, 0.25) is 5.91 Å². The summed E-state index contributed by atoms with van der Waals surface area (Å²) >= 11 is 0. The number of aliphatic hydroxyl groups is 2. The lowest BCUT2D eigenvalue weighted by Gasteiger charge is -2.18. The Kier molecular flexibility index (Phi) is 25.1. The predicted molar refractivity (Wildman–Crippen MR) is 147 cm³/mol. The number of nitrogens with one attached hydrogen (secondary N) is 1. The zero-order chi connectivity index (χ0) is 25.1. The zero-order valence-corrected chi connectivity index (χ0v) is 22.4. The van der Waals surface area contributed by atoms with E-state index in [0.717, 1.165) is 25.7 Å². The van der Waals surface area contributed by atoms with E-state index in [0.29, 0.717) is 0 Å². The van der Waals surface area contributed by atoms with Crippen molar-refractivity contribution in [2.75, 3.05) is 6.61 Å². The summed E-state index contributed by atoms with van der Waals surface area (Å²) < 4.78 is 0. The van der Waals surface area contributed by atoms with Crippen molar-refractivity contribution in [2.45, 2.75) is 142 Å². The summed E-state index contributed by atoms with van der Waals surface area (Å²) in [5.74, 6) is -0.257. The van der Waals surface area contributed by atoms with Gasteiger partial charge in [-0.25, -0.2) is 0 Å². The second-order valence-electron chi connectivity index (χ2n) is 9.54. The molecule has 3 N–H and O–H groups in total. The molecule has 1 amide bonds. The molecule has 0 fully saturated rings. The molecule has 0 aromatic rings. The molecule has 0 aliphatic heterocycles. The first-order valence-electron chi connectivity index (χ1n) is 14.1. The van der Waals surface area contributed by atoms with Crippen LogP contribution in [-0.4, -0.2) is 34.9 Å². The number of amides is 1. The van der Waals surface area contributed by atoms with Crippen LogP contribution in [0.5, 0.6) is 0 Å². The molecular formula is C30H55NO3. The Morgan fingerprint density at radius 2 is 1.09 bits per heavy atom. The van der Waals surface area contributed by atoms with Crippen LogP contribution in [0.15, 0.2) is 36.5 Å². The van der Waals surface area contributed by atoms with Crippen molar-refractivity contribution in [1.82, 2.24) is 5.32 Å². The third-order valence-corrected chi connectivity index (χ3v) is 6.14. The van der Waals surface area contributed by atoms with Gasteiger partial charge in [0.05, 0.1) is 18.8 Å². The molecule has 0 rings (SSSR count). The van der Waals surface area contributed by atoms with Crippen LogP contribution in [0.3, 0.4) is 0 Å². The zero-order valence-electron chi connectivity index (χ0n) is 22.4. The van der Waals surface area contributed by atoms with Gasteiger partial charge in [-0.2, -0.15) is 0 Å². The van der Waals surface area contributed by atoms with Gasteiger partial charge in [0.1, 0.15) is 0 Å². The fraction of sp³-hybridized carbons (Fsp3) is 0.767. The third kappa shape index (κ3) is 23.8. The largest absolute Gasteiger partial charge is 0.394 e. The Morgan fingerprint density at radius 1 is 0.676 bits per heavy atom. The van der Waals surface area contributed by atoms with Crippen molar-refractivity contribution in [3.8, 4) is 0 Å². The standard InChI is InChI=1S/C30H55NO3/c1-3-4-5-6-7-8-9-10-11-12-13-14-15-16-17-18-19-20-21-22-23-24-25-26-30(34)29(27-32)31-28(2)33/h17-18,21-22,25-26,29-30,32,34H,3-16,19-20,23-24,27H2,1-2H3,(H,31,33)/b18-17+,22-21+,26-25+. The molecule has 0 radical (unpaired) electrons. The van der Waals surface area contributed by atoms with Gasteiger partial charge in [0.15, 0.2) is 0 Å². The fourth-order valence-corrected chi connectivity index (χ4v) is 4.01. The lowest BCUT2D eigenvalue weighted by molar-refractivity contribution is -0.120. The monoisotopic (exact) mass is 477 g/mol. The first-order valence-corrected chi connectivity index (χ1v) is 14.1. The minimum absolute atomic E-state index is 0.257. The lowest BCUT2D eigenvalue weighted by Crippen LogP contribution is -2.44. The van der Waals surface area contributed by atoms with Gasteiger partial charge in [-0.05, 0) is 38.5 Å². The Labute approximate surface area is 211 Å². The maximum absolute atomic E-state index is 11.0. The van der Waals surface area contributed by atoms with Crippen LogP contribution >= 0.6 is 0 Å². The van der Waals surface area contributed by atoms with E-state index < -0.39 is 12.1 Å². The third-order valence-electron chi connectivity index (χ3n) is 6.14. The van der Waals surface area contributed by atoms with Crippen LogP contribution in [0.4, 0.5) is 0 Å². The maximum atomic E-state index is 11.0. The van der Waals surface area contributed by atoms with Crippen LogP contribution in [0.2, 0.25) is 0 Å². The van der Waals surface area contributed by atoms with Gasteiger partial charge in [0.25, 0.3) is 0 Å². The second-order valence-corrected chi connectivity index (χ2v) is 9.54. The van der Waals surface area contributed by atoms with Crippen molar-refractivity contribution in [2.24, 2.45) is 0 Å². The molecule has 4 heteroatoms. The van der Waals surface area contributed by atoms with Gasteiger partial charge in [-0.3, -0.25) is 4.79 Å². The van der Waals surface area contributed by atoms with E-state index in [1.807, 2.05) is 6.08 Å².